The van der Waals surface area contributed by atoms with Crippen molar-refractivity contribution in [2.75, 3.05) is 51.9 Å². The summed E-state index contributed by atoms with van der Waals surface area (Å²) in [6, 6.07) is -0.660. The van der Waals surface area contributed by atoms with E-state index in [9.17, 15) is 10.2 Å². The molecule has 0 spiro atoms. The van der Waals surface area contributed by atoms with Crippen LogP contribution in [0, 0.1) is 0 Å². The highest BCUT2D eigenvalue weighted by atomic mass is 35.5. The standard InChI is InChI=1S/C15H24ClN3O6S/c1-17-2-3-22-4-5-23-7-15-8-24-13(25-15)10(11(20)12(15)21)19-14-18-9(16)6-26-14/h6,10-13,17,20-21H,2-5,7-8H2,1H3,(H,18,19)/t10-,11-,12-,13+,15+/m1/s1. The van der Waals surface area contributed by atoms with Crippen molar-refractivity contribution in [1.29, 1.82) is 0 Å². The van der Waals surface area contributed by atoms with E-state index in [-0.39, 0.29) is 13.2 Å². The fraction of sp³-hybridized carbons (Fsp3) is 0.800. The molecule has 9 nitrogen and oxygen atoms in total. The molecule has 26 heavy (non-hydrogen) atoms. The number of aromatic nitrogens is 1. The van der Waals surface area contributed by atoms with Gasteiger partial charge in [-0.05, 0) is 7.05 Å². The van der Waals surface area contributed by atoms with Crippen LogP contribution in [0.3, 0.4) is 0 Å². The van der Waals surface area contributed by atoms with E-state index in [0.717, 1.165) is 6.54 Å². The maximum absolute atomic E-state index is 10.6. The van der Waals surface area contributed by atoms with Crippen LogP contribution in [-0.4, -0.2) is 92.0 Å². The molecule has 3 heterocycles. The Morgan fingerprint density at radius 2 is 2.19 bits per heavy atom. The van der Waals surface area contributed by atoms with Gasteiger partial charge in [0.2, 0.25) is 0 Å². The summed E-state index contributed by atoms with van der Waals surface area (Å²) in [5.74, 6) is 0. The molecule has 0 radical (unpaired) electrons. The summed E-state index contributed by atoms with van der Waals surface area (Å²) in [5, 5.41) is 29.7. The zero-order valence-corrected chi connectivity index (χ0v) is 16.0. The highest BCUT2D eigenvalue weighted by Crippen LogP contribution is 2.38. The van der Waals surface area contributed by atoms with Crippen molar-refractivity contribution in [3.8, 4) is 0 Å². The molecule has 3 rings (SSSR count). The average molecular weight is 410 g/mol. The van der Waals surface area contributed by atoms with Crippen LogP contribution in [0.25, 0.3) is 0 Å². The quantitative estimate of drug-likeness (QED) is 0.386. The zero-order chi connectivity index (χ0) is 18.6. The molecule has 5 atom stereocenters. The number of halogens is 1. The van der Waals surface area contributed by atoms with Crippen LogP contribution in [0.1, 0.15) is 0 Å². The Kier molecular flexibility index (Phi) is 7.05. The van der Waals surface area contributed by atoms with Crippen molar-refractivity contribution in [3.63, 3.8) is 0 Å². The number of nitrogens with zero attached hydrogens (tertiary/aromatic N) is 1. The first-order chi connectivity index (χ1) is 12.6. The number of likely N-dealkylation sites (N-methyl/N-ethyl adjacent to an activating group) is 1. The molecule has 2 aliphatic heterocycles. The van der Waals surface area contributed by atoms with E-state index in [1.54, 1.807) is 5.38 Å². The van der Waals surface area contributed by atoms with Gasteiger partial charge in [0.1, 0.15) is 29.0 Å². The van der Waals surface area contributed by atoms with E-state index in [4.69, 9.17) is 30.5 Å². The fourth-order valence-corrected chi connectivity index (χ4v) is 3.82. The monoisotopic (exact) mass is 409 g/mol. The third-order valence-corrected chi connectivity index (χ3v) is 5.44. The van der Waals surface area contributed by atoms with Crippen molar-refractivity contribution in [2.45, 2.75) is 30.1 Å². The summed E-state index contributed by atoms with van der Waals surface area (Å²) in [4.78, 5) is 4.08. The number of thiazole rings is 1. The highest BCUT2D eigenvalue weighted by molar-refractivity contribution is 7.14. The Hall–Kier alpha value is -0.560. The minimum Gasteiger partial charge on any atom is -0.388 e. The molecular weight excluding hydrogens is 386 g/mol. The Labute approximate surface area is 160 Å². The molecule has 0 unspecified atom stereocenters. The SMILES string of the molecule is CNCCOCCOC[C@@]12CO[C@@H](O1)[C@H](Nc1nc(Cl)cs1)[C@@H](O)[C@H]2O. The van der Waals surface area contributed by atoms with Gasteiger partial charge in [-0.2, -0.15) is 0 Å². The highest BCUT2D eigenvalue weighted by Gasteiger charge is 2.59. The van der Waals surface area contributed by atoms with Crippen LogP contribution in [0.2, 0.25) is 5.15 Å². The Balaban J connectivity index is 1.50. The maximum atomic E-state index is 10.6. The predicted octanol–water partition coefficient (Wildman–Crippen LogP) is -0.323. The summed E-state index contributed by atoms with van der Waals surface area (Å²) in [6.07, 6.45) is -2.99. The van der Waals surface area contributed by atoms with E-state index >= 15 is 0 Å². The van der Waals surface area contributed by atoms with Gasteiger partial charge in [-0.3, -0.25) is 0 Å². The molecule has 2 saturated heterocycles. The first-order valence-corrected chi connectivity index (χ1v) is 9.65. The van der Waals surface area contributed by atoms with Gasteiger partial charge in [0.25, 0.3) is 0 Å². The third kappa shape index (κ3) is 4.46. The van der Waals surface area contributed by atoms with Gasteiger partial charge in [0.15, 0.2) is 11.4 Å². The largest absolute Gasteiger partial charge is 0.388 e. The first-order valence-electron chi connectivity index (χ1n) is 8.39. The van der Waals surface area contributed by atoms with Gasteiger partial charge in [-0.25, -0.2) is 4.98 Å². The summed E-state index contributed by atoms with van der Waals surface area (Å²) in [6.45, 7) is 2.41. The molecule has 2 bridgehead atoms. The smallest absolute Gasteiger partial charge is 0.184 e. The molecule has 1 aromatic heterocycles. The molecule has 148 valence electrons. The normalized spacial score (nSPS) is 33.5. The number of aliphatic hydroxyl groups excluding tert-OH is 2. The number of anilines is 1. The number of hydrogen-bond acceptors (Lipinski definition) is 10. The molecule has 4 N–H and O–H groups in total. The topological polar surface area (TPSA) is 114 Å². The van der Waals surface area contributed by atoms with E-state index in [0.29, 0.717) is 30.1 Å². The lowest BCUT2D eigenvalue weighted by molar-refractivity contribution is -0.230. The van der Waals surface area contributed by atoms with E-state index in [2.05, 4.69) is 15.6 Å². The second-order valence-corrected chi connectivity index (χ2v) is 7.46. The fourth-order valence-electron chi connectivity index (χ4n) is 2.94. The maximum Gasteiger partial charge on any atom is 0.184 e. The molecule has 2 fully saturated rings. The minimum atomic E-state index is -1.17. The molecule has 0 amide bonds. The van der Waals surface area contributed by atoms with Crippen LogP contribution in [0.4, 0.5) is 5.13 Å². The van der Waals surface area contributed by atoms with Gasteiger partial charge < -0.3 is 39.8 Å². The van der Waals surface area contributed by atoms with Crippen LogP contribution in [-0.2, 0) is 18.9 Å². The third-order valence-electron chi connectivity index (χ3n) is 4.35. The summed E-state index contributed by atoms with van der Waals surface area (Å²) in [5.41, 5.74) is -1.09. The van der Waals surface area contributed by atoms with Crippen LogP contribution < -0.4 is 10.6 Å². The number of rotatable bonds is 10. The summed E-state index contributed by atoms with van der Waals surface area (Å²) in [7, 11) is 1.86. The van der Waals surface area contributed by atoms with Gasteiger partial charge in [0, 0.05) is 11.9 Å². The molecule has 0 saturated carbocycles. The van der Waals surface area contributed by atoms with E-state index in [1.807, 2.05) is 7.05 Å². The van der Waals surface area contributed by atoms with E-state index in [1.165, 1.54) is 11.3 Å². The molecule has 0 aliphatic carbocycles. The summed E-state index contributed by atoms with van der Waals surface area (Å²) < 4.78 is 22.5. The van der Waals surface area contributed by atoms with Crippen LogP contribution in [0.5, 0.6) is 0 Å². The predicted molar refractivity (Wildman–Crippen MR) is 95.7 cm³/mol. The van der Waals surface area contributed by atoms with Gasteiger partial charge in [-0.15, -0.1) is 11.3 Å². The Bertz CT molecular complexity index is 581. The molecule has 0 aromatic carbocycles. The average Bonchev–Trinajstić information content (AvgIpc) is 3.22. The number of hydrogen-bond donors (Lipinski definition) is 4. The molecule has 2 aliphatic rings. The number of nitrogens with one attached hydrogen (secondary N) is 2. The Morgan fingerprint density at radius 1 is 1.38 bits per heavy atom. The number of aliphatic hydroxyl groups is 2. The zero-order valence-electron chi connectivity index (χ0n) is 14.4. The number of fused-ring (bicyclic) bond motifs is 2. The van der Waals surface area contributed by atoms with E-state index < -0.39 is 30.1 Å². The van der Waals surface area contributed by atoms with Crippen molar-refractivity contribution in [2.24, 2.45) is 0 Å². The molecule has 11 heteroatoms. The van der Waals surface area contributed by atoms with Crippen molar-refractivity contribution >= 4 is 28.1 Å². The second-order valence-electron chi connectivity index (χ2n) is 6.21. The first kappa shape index (κ1) is 20.2. The number of ether oxygens (including phenoxy) is 4. The van der Waals surface area contributed by atoms with Crippen LogP contribution >= 0.6 is 22.9 Å². The lowest BCUT2D eigenvalue weighted by Gasteiger charge is -2.42. The second kappa shape index (κ2) is 9.09. The molecule has 1 aromatic rings. The van der Waals surface area contributed by atoms with Gasteiger partial charge >= 0.3 is 0 Å². The lowest BCUT2D eigenvalue weighted by Crippen LogP contribution is -2.64. The Morgan fingerprint density at radius 3 is 2.92 bits per heavy atom. The lowest BCUT2D eigenvalue weighted by atomic mass is 9.88. The van der Waals surface area contributed by atoms with Crippen LogP contribution in [0.15, 0.2) is 5.38 Å². The van der Waals surface area contributed by atoms with Crippen molar-refractivity contribution < 1.29 is 29.2 Å². The summed E-state index contributed by atoms with van der Waals surface area (Å²) >= 11 is 7.10. The minimum absolute atomic E-state index is 0.104. The molecular formula is C15H24ClN3O6S. The van der Waals surface area contributed by atoms with Crippen molar-refractivity contribution in [3.05, 3.63) is 10.5 Å². The van der Waals surface area contributed by atoms with Gasteiger partial charge in [0.05, 0.1) is 33.0 Å². The van der Waals surface area contributed by atoms with Crippen molar-refractivity contribution in [1.82, 2.24) is 10.3 Å². The van der Waals surface area contributed by atoms with Gasteiger partial charge in [-0.1, -0.05) is 11.6 Å².